The van der Waals surface area contributed by atoms with Crippen LogP contribution in [0.3, 0.4) is 0 Å². The van der Waals surface area contributed by atoms with Crippen molar-refractivity contribution in [1.82, 2.24) is 10.2 Å². The molecule has 0 atom stereocenters. The Labute approximate surface area is 71.3 Å². The Hall–Kier alpha value is -1.09. The molecular weight excluding hydrogens is 213 g/mol. The van der Waals surface area contributed by atoms with Gasteiger partial charge in [-0.05, 0) is 6.07 Å². The molecule has 0 spiro atoms. The highest BCUT2D eigenvalue weighted by molar-refractivity contribution is 7.86. The van der Waals surface area contributed by atoms with Crippen molar-refractivity contribution in [2.45, 2.75) is 5.51 Å². The third-order valence-electron chi connectivity index (χ3n) is 0.698. The van der Waals surface area contributed by atoms with Crippen molar-refractivity contribution in [2.24, 2.45) is 0 Å². The van der Waals surface area contributed by atoms with Crippen LogP contribution < -0.4 is 0 Å². The second-order valence-electron chi connectivity index (χ2n) is 1.69. The van der Waals surface area contributed by atoms with Crippen molar-refractivity contribution in [2.75, 3.05) is 0 Å². The van der Waals surface area contributed by atoms with Crippen molar-refractivity contribution in [3.8, 4) is 0 Å². The molecule has 0 amide bonds. The van der Waals surface area contributed by atoms with E-state index >= 15 is 0 Å². The number of aromatic nitrogens is 2. The summed E-state index contributed by atoms with van der Waals surface area (Å²) in [6.45, 7) is 0. The Morgan fingerprint density at radius 3 is 1.92 bits per heavy atom. The van der Waals surface area contributed by atoms with E-state index < -0.39 is 15.6 Å². The Morgan fingerprint density at radius 2 is 1.85 bits per heavy atom. The molecule has 0 saturated carbocycles. The van der Waals surface area contributed by atoms with E-state index in [0.29, 0.717) is 0 Å². The first kappa shape index (κ1) is 11.9. The van der Waals surface area contributed by atoms with Crippen molar-refractivity contribution in [3.05, 3.63) is 18.5 Å². The summed E-state index contributed by atoms with van der Waals surface area (Å²) in [5.74, 6) is 0. The molecule has 76 valence electrons. The summed E-state index contributed by atoms with van der Waals surface area (Å²) >= 11 is 0. The summed E-state index contributed by atoms with van der Waals surface area (Å²) in [7, 11) is -5.84. The quantitative estimate of drug-likeness (QED) is 0.498. The van der Waals surface area contributed by atoms with Gasteiger partial charge in [-0.15, -0.1) is 0 Å². The monoisotopic (exact) mass is 218 g/mol. The number of nitrogens with zero attached hydrogens (tertiary/aromatic N) is 1. The topological polar surface area (TPSA) is 83.1 Å². The number of halogens is 3. The Morgan fingerprint density at radius 1 is 1.38 bits per heavy atom. The maximum absolute atomic E-state index is 10.7. The second-order valence-corrected chi connectivity index (χ2v) is 3.10. The van der Waals surface area contributed by atoms with E-state index in [1.165, 1.54) is 0 Å². The van der Waals surface area contributed by atoms with Crippen molar-refractivity contribution < 1.29 is 26.1 Å². The zero-order valence-electron chi connectivity index (χ0n) is 5.99. The number of hydrogen-bond donors (Lipinski definition) is 2. The number of alkyl halides is 3. The van der Waals surface area contributed by atoms with Gasteiger partial charge in [0.15, 0.2) is 0 Å². The lowest BCUT2D eigenvalue weighted by Gasteiger charge is -1.97. The summed E-state index contributed by atoms with van der Waals surface area (Å²) in [6.07, 6.45) is 3.46. The van der Waals surface area contributed by atoms with Crippen LogP contribution in [0.1, 0.15) is 0 Å². The minimum Gasteiger partial charge on any atom is -0.286 e. The van der Waals surface area contributed by atoms with Crippen molar-refractivity contribution in [3.63, 3.8) is 0 Å². The molecule has 0 unspecified atom stereocenters. The molecule has 0 aliphatic rings. The number of aromatic amines is 1. The normalized spacial score (nSPS) is 11.7. The van der Waals surface area contributed by atoms with Crippen LogP contribution in [0.4, 0.5) is 13.2 Å². The molecule has 0 aromatic carbocycles. The first-order chi connectivity index (χ1) is 5.75. The van der Waals surface area contributed by atoms with Crippen LogP contribution in [0.2, 0.25) is 0 Å². The third kappa shape index (κ3) is 5.20. The maximum Gasteiger partial charge on any atom is 0.522 e. The summed E-state index contributed by atoms with van der Waals surface area (Å²) in [5.41, 5.74) is -5.53. The second kappa shape index (κ2) is 4.23. The molecule has 2 N–H and O–H groups in total. The average Bonchev–Trinajstić information content (AvgIpc) is 2.35. The van der Waals surface area contributed by atoms with Crippen molar-refractivity contribution in [1.29, 1.82) is 0 Å². The predicted molar refractivity (Wildman–Crippen MR) is 36.2 cm³/mol. The van der Waals surface area contributed by atoms with E-state index in [9.17, 15) is 13.2 Å². The van der Waals surface area contributed by atoms with Gasteiger partial charge in [-0.2, -0.15) is 26.7 Å². The molecule has 0 aliphatic heterocycles. The fourth-order valence-corrected chi connectivity index (χ4v) is 0.215. The molecule has 5 nitrogen and oxygen atoms in total. The zero-order valence-corrected chi connectivity index (χ0v) is 6.80. The maximum atomic E-state index is 10.7. The molecular formula is C4H5F3N2O3S. The van der Waals surface area contributed by atoms with Gasteiger partial charge in [0.05, 0.1) is 0 Å². The number of rotatable bonds is 0. The molecule has 1 rings (SSSR count). The SMILES string of the molecule is O=S(=O)(O)C(F)(F)F.c1cn[nH]c1. The molecule has 0 fully saturated rings. The Bertz CT molecular complexity index is 300. The molecule has 0 bridgehead atoms. The predicted octanol–water partition coefficient (Wildman–Crippen LogP) is 0.804. The highest BCUT2D eigenvalue weighted by atomic mass is 32.2. The van der Waals surface area contributed by atoms with Crippen LogP contribution in [-0.2, 0) is 10.1 Å². The van der Waals surface area contributed by atoms with Gasteiger partial charge < -0.3 is 0 Å². The summed E-state index contributed by atoms with van der Waals surface area (Å²) < 4.78 is 57.5. The molecule has 0 saturated heterocycles. The summed E-state index contributed by atoms with van der Waals surface area (Å²) in [5, 5.41) is 6.21. The average molecular weight is 218 g/mol. The van der Waals surface area contributed by atoms with Crippen molar-refractivity contribution >= 4 is 10.1 Å². The molecule has 0 radical (unpaired) electrons. The first-order valence-corrected chi connectivity index (χ1v) is 4.16. The minimum absolute atomic E-state index is 1.69. The number of H-pyrrole nitrogens is 1. The molecule has 1 aromatic rings. The van der Waals surface area contributed by atoms with Gasteiger partial charge in [-0.25, -0.2) is 0 Å². The minimum atomic E-state index is -5.84. The lowest BCUT2D eigenvalue weighted by atomic mass is 10.8. The van der Waals surface area contributed by atoms with Crippen LogP contribution in [0.5, 0.6) is 0 Å². The van der Waals surface area contributed by atoms with E-state index in [-0.39, 0.29) is 0 Å². The fourth-order valence-electron chi connectivity index (χ4n) is 0.215. The summed E-state index contributed by atoms with van der Waals surface area (Å²) in [6, 6.07) is 1.83. The molecule has 1 aromatic heterocycles. The lowest BCUT2D eigenvalue weighted by molar-refractivity contribution is -0.0510. The lowest BCUT2D eigenvalue weighted by Crippen LogP contribution is -2.21. The van der Waals surface area contributed by atoms with Gasteiger partial charge >= 0.3 is 15.6 Å². The molecule has 0 aliphatic carbocycles. The van der Waals surface area contributed by atoms with Crippen LogP contribution in [0.25, 0.3) is 0 Å². The smallest absolute Gasteiger partial charge is 0.286 e. The third-order valence-corrected chi connectivity index (χ3v) is 1.28. The molecule has 13 heavy (non-hydrogen) atoms. The van der Waals surface area contributed by atoms with Crippen LogP contribution in [0.15, 0.2) is 18.5 Å². The van der Waals surface area contributed by atoms with E-state index in [2.05, 4.69) is 10.2 Å². The van der Waals surface area contributed by atoms with Gasteiger partial charge in [0.25, 0.3) is 0 Å². The Balaban J connectivity index is 0.000000243. The number of hydrogen-bond acceptors (Lipinski definition) is 3. The number of nitrogens with one attached hydrogen (secondary N) is 1. The standard InChI is InChI=1S/C3H4N2.CHF3O3S/c1-2-4-5-3-1;2-1(3,4)8(5,6)7/h1-3H,(H,4,5);(H,5,6,7). The van der Waals surface area contributed by atoms with Gasteiger partial charge in [-0.1, -0.05) is 0 Å². The molecule has 9 heteroatoms. The van der Waals surface area contributed by atoms with Crippen LogP contribution in [-0.4, -0.2) is 28.7 Å². The van der Waals surface area contributed by atoms with Gasteiger partial charge in [0.2, 0.25) is 0 Å². The summed E-state index contributed by atoms with van der Waals surface area (Å²) in [4.78, 5) is 0. The van der Waals surface area contributed by atoms with E-state index in [4.69, 9.17) is 13.0 Å². The van der Waals surface area contributed by atoms with Gasteiger partial charge in [0, 0.05) is 12.4 Å². The molecule has 1 heterocycles. The van der Waals surface area contributed by atoms with E-state index in [0.717, 1.165) is 0 Å². The van der Waals surface area contributed by atoms with Gasteiger partial charge in [0.1, 0.15) is 0 Å². The van der Waals surface area contributed by atoms with Crippen LogP contribution in [0, 0.1) is 0 Å². The highest BCUT2D eigenvalue weighted by Crippen LogP contribution is 2.20. The zero-order chi connectivity index (χ0) is 10.5. The highest BCUT2D eigenvalue weighted by Gasteiger charge is 2.44. The van der Waals surface area contributed by atoms with Gasteiger partial charge in [-0.3, -0.25) is 9.65 Å². The largest absolute Gasteiger partial charge is 0.522 e. The first-order valence-electron chi connectivity index (χ1n) is 2.72. The van der Waals surface area contributed by atoms with E-state index in [1.807, 2.05) is 6.07 Å². The Kier molecular flexibility index (Phi) is 3.88. The fraction of sp³-hybridized carbons (Fsp3) is 0.250. The van der Waals surface area contributed by atoms with Crippen LogP contribution >= 0.6 is 0 Å². The van der Waals surface area contributed by atoms with E-state index in [1.54, 1.807) is 12.4 Å².